The summed E-state index contributed by atoms with van der Waals surface area (Å²) in [6.07, 6.45) is -5.61. The van der Waals surface area contributed by atoms with E-state index in [4.69, 9.17) is 14.9 Å². The van der Waals surface area contributed by atoms with Crippen LogP contribution in [0.5, 0.6) is 0 Å². The van der Waals surface area contributed by atoms with Gasteiger partial charge in [-0.05, 0) is 6.42 Å². The van der Waals surface area contributed by atoms with Crippen molar-refractivity contribution in [1.29, 1.82) is 0 Å². The lowest BCUT2D eigenvalue weighted by Gasteiger charge is -2.34. The molecule has 0 aromatic rings. The Hall–Kier alpha value is -1.26. The second kappa shape index (κ2) is 6.78. The van der Waals surface area contributed by atoms with Gasteiger partial charge in [0.05, 0.1) is 12.7 Å². The van der Waals surface area contributed by atoms with Crippen molar-refractivity contribution in [3.05, 3.63) is 0 Å². The van der Waals surface area contributed by atoms with Crippen LogP contribution in [-0.4, -0.2) is 81.1 Å². The van der Waals surface area contributed by atoms with Crippen molar-refractivity contribution in [1.82, 2.24) is 5.32 Å². The van der Waals surface area contributed by atoms with Crippen LogP contribution >= 0.6 is 0 Å². The molecule has 0 radical (unpaired) electrons. The van der Waals surface area contributed by atoms with E-state index in [-0.39, 0.29) is 13.0 Å². The zero-order valence-electron chi connectivity index (χ0n) is 9.97. The van der Waals surface area contributed by atoms with E-state index in [0.717, 1.165) is 0 Å². The van der Waals surface area contributed by atoms with Gasteiger partial charge in [-0.25, -0.2) is 4.79 Å². The van der Waals surface area contributed by atoms with Crippen molar-refractivity contribution >= 4 is 11.9 Å². The first-order valence-corrected chi connectivity index (χ1v) is 5.68. The Bertz CT molecular complexity index is 335. The lowest BCUT2D eigenvalue weighted by Crippen LogP contribution is -2.57. The SMILES string of the molecule is O=C(O)C(CO)NC(=O)C(O)C1OCCC(O)C1O. The summed E-state index contributed by atoms with van der Waals surface area (Å²) >= 11 is 0. The maximum atomic E-state index is 11.6. The van der Waals surface area contributed by atoms with Gasteiger partial charge in [0.2, 0.25) is 0 Å². The molecule has 1 amide bonds. The number of rotatable bonds is 5. The van der Waals surface area contributed by atoms with Crippen LogP contribution in [0.4, 0.5) is 0 Å². The Kier molecular flexibility index (Phi) is 5.63. The van der Waals surface area contributed by atoms with Crippen LogP contribution in [0.2, 0.25) is 0 Å². The Balaban J connectivity index is 2.63. The van der Waals surface area contributed by atoms with Crippen LogP contribution in [0.3, 0.4) is 0 Å². The van der Waals surface area contributed by atoms with E-state index in [2.05, 4.69) is 0 Å². The van der Waals surface area contributed by atoms with Gasteiger partial charge in [0, 0.05) is 6.61 Å². The Morgan fingerprint density at radius 3 is 2.53 bits per heavy atom. The minimum absolute atomic E-state index is 0.0512. The summed E-state index contributed by atoms with van der Waals surface area (Å²) in [5.74, 6) is -2.58. The molecular weight excluding hydrogens is 262 g/mol. The van der Waals surface area contributed by atoms with Crippen molar-refractivity contribution in [2.24, 2.45) is 0 Å². The highest BCUT2D eigenvalue weighted by Gasteiger charge is 2.40. The minimum Gasteiger partial charge on any atom is -0.480 e. The lowest BCUT2D eigenvalue weighted by atomic mass is 9.97. The van der Waals surface area contributed by atoms with Crippen LogP contribution < -0.4 is 5.32 Å². The third-order valence-electron chi connectivity index (χ3n) is 2.83. The number of hydrogen-bond acceptors (Lipinski definition) is 7. The Morgan fingerprint density at radius 2 is 2.00 bits per heavy atom. The number of amides is 1. The van der Waals surface area contributed by atoms with Gasteiger partial charge in [-0.15, -0.1) is 0 Å². The summed E-state index contributed by atoms with van der Waals surface area (Å²) in [5.41, 5.74) is 0. The molecule has 0 aromatic heterocycles. The Morgan fingerprint density at radius 1 is 1.37 bits per heavy atom. The summed E-state index contributed by atoms with van der Waals surface area (Å²) in [6.45, 7) is -0.792. The van der Waals surface area contributed by atoms with Gasteiger partial charge in [-0.3, -0.25) is 4.79 Å². The largest absolute Gasteiger partial charge is 0.480 e. The molecule has 1 heterocycles. The summed E-state index contributed by atoms with van der Waals surface area (Å²) in [5, 5.41) is 47.9. The zero-order chi connectivity index (χ0) is 14.6. The van der Waals surface area contributed by atoms with E-state index in [1.165, 1.54) is 0 Å². The molecule has 5 unspecified atom stereocenters. The fourth-order valence-corrected chi connectivity index (χ4v) is 1.68. The highest BCUT2D eigenvalue weighted by Crippen LogP contribution is 2.17. The van der Waals surface area contributed by atoms with Gasteiger partial charge >= 0.3 is 5.97 Å². The number of carbonyl (C=O) groups is 2. The second-order valence-electron chi connectivity index (χ2n) is 4.21. The molecule has 110 valence electrons. The number of aliphatic carboxylic acids is 1. The molecule has 19 heavy (non-hydrogen) atoms. The number of hydrogen-bond donors (Lipinski definition) is 6. The Labute approximate surface area is 108 Å². The third-order valence-corrected chi connectivity index (χ3v) is 2.83. The molecule has 0 bridgehead atoms. The molecule has 6 N–H and O–H groups in total. The molecule has 0 aromatic carbocycles. The third kappa shape index (κ3) is 3.85. The van der Waals surface area contributed by atoms with E-state index in [1.807, 2.05) is 5.32 Å². The second-order valence-corrected chi connectivity index (χ2v) is 4.21. The van der Waals surface area contributed by atoms with Gasteiger partial charge < -0.3 is 35.6 Å². The molecule has 0 spiro atoms. The van der Waals surface area contributed by atoms with Crippen LogP contribution in [0.25, 0.3) is 0 Å². The molecular formula is C10H17NO8. The summed E-state index contributed by atoms with van der Waals surface area (Å²) in [4.78, 5) is 22.2. The van der Waals surface area contributed by atoms with E-state index in [9.17, 15) is 24.9 Å². The number of nitrogens with one attached hydrogen (secondary N) is 1. The normalized spacial score (nSPS) is 30.4. The smallest absolute Gasteiger partial charge is 0.328 e. The van der Waals surface area contributed by atoms with Crippen LogP contribution in [-0.2, 0) is 14.3 Å². The fourth-order valence-electron chi connectivity index (χ4n) is 1.68. The van der Waals surface area contributed by atoms with E-state index < -0.39 is 48.9 Å². The molecule has 0 saturated carbocycles. The van der Waals surface area contributed by atoms with Crippen LogP contribution in [0.15, 0.2) is 0 Å². The van der Waals surface area contributed by atoms with E-state index in [1.54, 1.807) is 0 Å². The molecule has 0 aliphatic carbocycles. The molecule has 9 heteroatoms. The number of carbonyl (C=O) groups excluding carboxylic acids is 1. The van der Waals surface area contributed by atoms with Crippen molar-refractivity contribution in [3.63, 3.8) is 0 Å². The number of aliphatic hydroxyl groups is 4. The quantitative estimate of drug-likeness (QED) is 0.301. The van der Waals surface area contributed by atoms with Crippen molar-refractivity contribution in [2.45, 2.75) is 36.9 Å². The maximum Gasteiger partial charge on any atom is 0.328 e. The fraction of sp³-hybridized carbons (Fsp3) is 0.800. The zero-order valence-corrected chi connectivity index (χ0v) is 9.97. The summed E-state index contributed by atoms with van der Waals surface area (Å²) in [7, 11) is 0. The monoisotopic (exact) mass is 279 g/mol. The lowest BCUT2D eigenvalue weighted by molar-refractivity contribution is -0.178. The summed E-state index contributed by atoms with van der Waals surface area (Å²) < 4.78 is 4.99. The van der Waals surface area contributed by atoms with E-state index in [0.29, 0.717) is 0 Å². The molecule has 1 rings (SSSR count). The van der Waals surface area contributed by atoms with Crippen LogP contribution in [0.1, 0.15) is 6.42 Å². The van der Waals surface area contributed by atoms with Gasteiger partial charge in [0.25, 0.3) is 5.91 Å². The van der Waals surface area contributed by atoms with Crippen molar-refractivity contribution in [2.75, 3.05) is 13.2 Å². The number of carboxylic acids is 1. The number of ether oxygens (including phenoxy) is 1. The number of aliphatic hydroxyl groups excluding tert-OH is 4. The molecule has 1 fully saturated rings. The topological polar surface area (TPSA) is 157 Å². The molecule has 9 nitrogen and oxygen atoms in total. The van der Waals surface area contributed by atoms with Crippen LogP contribution in [0, 0.1) is 0 Å². The van der Waals surface area contributed by atoms with Crippen molar-refractivity contribution in [3.8, 4) is 0 Å². The van der Waals surface area contributed by atoms with Crippen molar-refractivity contribution < 1.29 is 39.9 Å². The maximum absolute atomic E-state index is 11.6. The van der Waals surface area contributed by atoms with E-state index >= 15 is 0 Å². The first kappa shape index (κ1) is 15.8. The summed E-state index contributed by atoms with van der Waals surface area (Å²) in [6, 6.07) is -1.56. The van der Waals surface area contributed by atoms with Gasteiger partial charge in [0.1, 0.15) is 18.2 Å². The predicted molar refractivity (Wildman–Crippen MR) is 59.0 cm³/mol. The minimum atomic E-state index is -1.85. The first-order chi connectivity index (χ1) is 8.88. The molecule has 5 atom stereocenters. The van der Waals surface area contributed by atoms with Gasteiger partial charge in [0.15, 0.2) is 6.10 Å². The highest BCUT2D eigenvalue weighted by atomic mass is 16.5. The average molecular weight is 279 g/mol. The van der Waals surface area contributed by atoms with Gasteiger partial charge in [-0.2, -0.15) is 0 Å². The number of carboxylic acid groups (broad SMARTS) is 1. The molecule has 1 aliphatic heterocycles. The predicted octanol–water partition coefficient (Wildman–Crippen LogP) is -3.58. The molecule has 1 saturated heterocycles. The molecule has 1 aliphatic rings. The average Bonchev–Trinajstić information content (AvgIpc) is 2.37. The standard InChI is InChI=1S/C10H17NO8/c12-3-4(10(17)18)11-9(16)7(15)8-6(14)5(13)1-2-19-8/h4-8,12-15H,1-3H2,(H,11,16)(H,17,18). The first-order valence-electron chi connectivity index (χ1n) is 5.68. The highest BCUT2D eigenvalue weighted by molar-refractivity contribution is 5.86. The van der Waals surface area contributed by atoms with Gasteiger partial charge in [-0.1, -0.05) is 0 Å².